The van der Waals surface area contributed by atoms with Crippen molar-refractivity contribution in [3.8, 4) is 0 Å². The molecule has 1 atom stereocenters. The van der Waals surface area contributed by atoms with Gasteiger partial charge in [0.2, 0.25) is 0 Å². The number of morpholine rings is 1. The fraction of sp³-hybridized carbons (Fsp3) is 0.500. The number of carbonyl (C=O) groups is 4. The van der Waals surface area contributed by atoms with Crippen LogP contribution in [-0.2, 0) is 19.1 Å². The van der Waals surface area contributed by atoms with E-state index < -0.39 is 30.4 Å². The van der Waals surface area contributed by atoms with Gasteiger partial charge < -0.3 is 14.4 Å². The molecule has 3 rings (SSSR count). The van der Waals surface area contributed by atoms with E-state index in [0.29, 0.717) is 26.3 Å². The Hall–Kier alpha value is -2.74. The van der Waals surface area contributed by atoms with Crippen molar-refractivity contribution in [2.45, 2.75) is 26.3 Å². The highest BCUT2D eigenvalue weighted by molar-refractivity contribution is 6.22. The van der Waals surface area contributed by atoms with E-state index in [-0.39, 0.29) is 29.4 Å². The first-order valence-corrected chi connectivity index (χ1v) is 9.39. The molecule has 0 spiro atoms. The molecular weight excluding hydrogens is 364 g/mol. The second-order valence-electron chi connectivity index (χ2n) is 7.27. The number of hydrogen-bond acceptors (Lipinski definition) is 6. The Morgan fingerprint density at radius 1 is 1.07 bits per heavy atom. The van der Waals surface area contributed by atoms with Gasteiger partial charge in [-0.15, -0.1) is 0 Å². The summed E-state index contributed by atoms with van der Waals surface area (Å²) in [6.45, 7) is 5.15. The summed E-state index contributed by atoms with van der Waals surface area (Å²) in [6.07, 6.45) is 0.260. The average molecular weight is 388 g/mol. The summed E-state index contributed by atoms with van der Waals surface area (Å²) in [5.41, 5.74) is 0.553. The van der Waals surface area contributed by atoms with Gasteiger partial charge in [-0.05, 0) is 24.5 Å². The molecule has 1 aromatic rings. The molecule has 0 N–H and O–H groups in total. The number of rotatable bonds is 6. The highest BCUT2D eigenvalue weighted by Crippen LogP contribution is 2.27. The third-order valence-corrected chi connectivity index (χ3v) is 4.81. The number of ether oxygens (including phenoxy) is 2. The second kappa shape index (κ2) is 8.52. The molecule has 2 aliphatic heterocycles. The van der Waals surface area contributed by atoms with Crippen LogP contribution in [0, 0.1) is 5.92 Å². The van der Waals surface area contributed by atoms with Gasteiger partial charge in [-0.2, -0.15) is 0 Å². The van der Waals surface area contributed by atoms with Gasteiger partial charge in [0.05, 0.1) is 24.3 Å². The molecule has 2 aliphatic rings. The summed E-state index contributed by atoms with van der Waals surface area (Å²) in [5.74, 6) is -2.05. The lowest BCUT2D eigenvalue weighted by molar-refractivity contribution is -0.157. The molecule has 28 heavy (non-hydrogen) atoms. The van der Waals surface area contributed by atoms with Gasteiger partial charge in [0.25, 0.3) is 17.7 Å². The Balaban J connectivity index is 1.71. The van der Waals surface area contributed by atoms with Crippen molar-refractivity contribution in [1.29, 1.82) is 0 Å². The fourth-order valence-corrected chi connectivity index (χ4v) is 3.38. The molecule has 3 amide bonds. The Kier molecular flexibility index (Phi) is 6.08. The molecule has 0 aliphatic carbocycles. The van der Waals surface area contributed by atoms with Gasteiger partial charge in [0, 0.05) is 13.1 Å². The van der Waals surface area contributed by atoms with Crippen LogP contribution in [-0.4, -0.2) is 72.4 Å². The Morgan fingerprint density at radius 3 is 2.18 bits per heavy atom. The van der Waals surface area contributed by atoms with E-state index in [9.17, 15) is 19.2 Å². The molecule has 0 saturated carbocycles. The molecule has 1 saturated heterocycles. The molecule has 1 aromatic carbocycles. The van der Waals surface area contributed by atoms with Gasteiger partial charge >= 0.3 is 5.97 Å². The molecular formula is C20H24N2O6. The van der Waals surface area contributed by atoms with Crippen molar-refractivity contribution < 1.29 is 28.7 Å². The van der Waals surface area contributed by atoms with Crippen LogP contribution >= 0.6 is 0 Å². The number of carbonyl (C=O) groups excluding carboxylic acids is 4. The summed E-state index contributed by atoms with van der Waals surface area (Å²) in [6, 6.07) is 5.41. The third-order valence-electron chi connectivity index (χ3n) is 4.81. The minimum atomic E-state index is -1.06. The standard InChI is InChI=1S/C20H24N2O6/c1-13(2)11-16(20(26)28-12-17(23)21-7-9-27-10-8-21)22-18(24)14-5-3-4-6-15(14)19(22)25/h3-6,13,16H,7-12H2,1-2H3/t16-/m1/s1. The molecule has 0 bridgehead atoms. The van der Waals surface area contributed by atoms with Crippen LogP contribution in [0.3, 0.4) is 0 Å². The van der Waals surface area contributed by atoms with Gasteiger partial charge in [0.15, 0.2) is 6.61 Å². The van der Waals surface area contributed by atoms with Crippen LogP contribution in [0.5, 0.6) is 0 Å². The normalized spacial score (nSPS) is 17.7. The molecule has 2 heterocycles. The number of imide groups is 1. The third kappa shape index (κ3) is 4.06. The average Bonchev–Trinajstić information content (AvgIpc) is 2.95. The van der Waals surface area contributed by atoms with E-state index in [0.717, 1.165) is 4.90 Å². The molecule has 8 nitrogen and oxygen atoms in total. The number of nitrogens with zero attached hydrogens (tertiary/aromatic N) is 2. The van der Waals surface area contributed by atoms with E-state index >= 15 is 0 Å². The number of fused-ring (bicyclic) bond motifs is 1. The Bertz CT molecular complexity index is 750. The predicted octanol–water partition coefficient (Wildman–Crippen LogP) is 1.10. The summed E-state index contributed by atoms with van der Waals surface area (Å²) < 4.78 is 10.4. The first-order valence-electron chi connectivity index (χ1n) is 9.39. The summed E-state index contributed by atoms with van der Waals surface area (Å²) in [4.78, 5) is 52.9. The van der Waals surface area contributed by atoms with E-state index in [4.69, 9.17) is 9.47 Å². The molecule has 150 valence electrons. The smallest absolute Gasteiger partial charge is 0.329 e. The van der Waals surface area contributed by atoms with Crippen LogP contribution in [0.2, 0.25) is 0 Å². The van der Waals surface area contributed by atoms with Crippen LogP contribution in [0.1, 0.15) is 41.0 Å². The molecule has 0 aromatic heterocycles. The molecule has 1 fully saturated rings. The molecule has 0 radical (unpaired) electrons. The highest BCUT2D eigenvalue weighted by Gasteiger charge is 2.43. The topological polar surface area (TPSA) is 93.2 Å². The first-order chi connectivity index (χ1) is 13.4. The van der Waals surface area contributed by atoms with E-state index in [2.05, 4.69) is 0 Å². The van der Waals surface area contributed by atoms with Crippen LogP contribution in [0.25, 0.3) is 0 Å². The number of hydrogen-bond donors (Lipinski definition) is 0. The lowest BCUT2D eigenvalue weighted by atomic mass is 10.0. The number of benzene rings is 1. The maximum absolute atomic E-state index is 12.7. The monoisotopic (exact) mass is 388 g/mol. The minimum absolute atomic E-state index is 0.0387. The maximum atomic E-state index is 12.7. The number of esters is 1. The lowest BCUT2D eigenvalue weighted by Gasteiger charge is -2.28. The van der Waals surface area contributed by atoms with Gasteiger partial charge in [-0.1, -0.05) is 26.0 Å². The van der Waals surface area contributed by atoms with Gasteiger partial charge in [-0.25, -0.2) is 4.79 Å². The zero-order valence-corrected chi connectivity index (χ0v) is 16.1. The van der Waals surface area contributed by atoms with Crippen LogP contribution in [0.4, 0.5) is 0 Å². The quantitative estimate of drug-likeness (QED) is 0.535. The molecule has 0 unspecified atom stereocenters. The largest absolute Gasteiger partial charge is 0.454 e. The highest BCUT2D eigenvalue weighted by atomic mass is 16.5. The summed E-state index contributed by atoms with van der Waals surface area (Å²) in [7, 11) is 0. The van der Waals surface area contributed by atoms with Crippen molar-refractivity contribution >= 4 is 23.7 Å². The van der Waals surface area contributed by atoms with E-state index in [1.807, 2.05) is 13.8 Å². The first kappa shape index (κ1) is 20.0. The Labute approximate surface area is 163 Å². The van der Waals surface area contributed by atoms with E-state index in [1.54, 1.807) is 29.2 Å². The van der Waals surface area contributed by atoms with Crippen molar-refractivity contribution in [3.05, 3.63) is 35.4 Å². The maximum Gasteiger partial charge on any atom is 0.329 e. The molecule has 8 heteroatoms. The zero-order chi connectivity index (χ0) is 20.3. The summed E-state index contributed by atoms with van der Waals surface area (Å²) in [5, 5.41) is 0. The van der Waals surface area contributed by atoms with Crippen molar-refractivity contribution in [1.82, 2.24) is 9.80 Å². The van der Waals surface area contributed by atoms with E-state index in [1.165, 1.54) is 0 Å². The van der Waals surface area contributed by atoms with Gasteiger partial charge in [-0.3, -0.25) is 19.3 Å². The van der Waals surface area contributed by atoms with Crippen molar-refractivity contribution in [2.24, 2.45) is 5.92 Å². The predicted molar refractivity (Wildman–Crippen MR) is 98.5 cm³/mol. The van der Waals surface area contributed by atoms with Gasteiger partial charge in [0.1, 0.15) is 6.04 Å². The minimum Gasteiger partial charge on any atom is -0.454 e. The number of amides is 3. The van der Waals surface area contributed by atoms with Crippen molar-refractivity contribution in [3.63, 3.8) is 0 Å². The Morgan fingerprint density at radius 2 is 1.64 bits per heavy atom. The zero-order valence-electron chi connectivity index (χ0n) is 16.1. The van der Waals surface area contributed by atoms with Crippen molar-refractivity contribution in [2.75, 3.05) is 32.9 Å². The summed E-state index contributed by atoms with van der Waals surface area (Å²) >= 11 is 0. The fourth-order valence-electron chi connectivity index (χ4n) is 3.38. The lowest BCUT2D eigenvalue weighted by Crippen LogP contribution is -2.48. The second-order valence-corrected chi connectivity index (χ2v) is 7.27. The van der Waals surface area contributed by atoms with Crippen LogP contribution in [0.15, 0.2) is 24.3 Å². The SMILES string of the molecule is CC(C)C[C@H](C(=O)OCC(=O)N1CCOCC1)N1C(=O)c2ccccc2C1=O. The van der Waals surface area contributed by atoms with Crippen LogP contribution < -0.4 is 0 Å².